The van der Waals surface area contributed by atoms with Crippen molar-refractivity contribution in [2.75, 3.05) is 0 Å². The predicted octanol–water partition coefficient (Wildman–Crippen LogP) is 1.89. The molecule has 0 radical (unpaired) electrons. The van der Waals surface area contributed by atoms with E-state index >= 15 is 0 Å². The van der Waals surface area contributed by atoms with E-state index in [0.717, 1.165) is 5.56 Å². The molecule has 5 heteroatoms. The number of aromatic nitrogens is 2. The fourth-order valence-electron chi connectivity index (χ4n) is 2.27. The van der Waals surface area contributed by atoms with Crippen molar-refractivity contribution in [2.24, 2.45) is 12.2 Å². The zero-order valence-corrected chi connectivity index (χ0v) is 11.4. The summed E-state index contributed by atoms with van der Waals surface area (Å²) in [5, 5.41) is 12.4. The van der Waals surface area contributed by atoms with Gasteiger partial charge in [0.25, 0.3) is 5.56 Å². The van der Waals surface area contributed by atoms with E-state index < -0.39 is 5.56 Å². The van der Waals surface area contributed by atoms with Gasteiger partial charge in [0.2, 0.25) is 0 Å². The molecule has 0 aliphatic rings. The first-order valence-corrected chi connectivity index (χ1v) is 6.46. The number of hydrogen-bond donors (Lipinski definition) is 1. The fourth-order valence-corrected chi connectivity index (χ4v) is 2.27. The SMILES string of the molecule is Cn1c(=O)c(=NO)c(-c2ccccc2)nc2ccccc21. The Morgan fingerprint density at radius 2 is 1.71 bits per heavy atom. The average molecular weight is 279 g/mol. The third-order valence-electron chi connectivity index (χ3n) is 3.35. The molecule has 0 aliphatic heterocycles. The van der Waals surface area contributed by atoms with Crippen LogP contribution in [0.5, 0.6) is 0 Å². The van der Waals surface area contributed by atoms with Gasteiger partial charge in [-0.25, -0.2) is 4.98 Å². The second-order valence-electron chi connectivity index (χ2n) is 4.63. The largest absolute Gasteiger partial charge is 0.410 e. The number of para-hydroxylation sites is 2. The van der Waals surface area contributed by atoms with Crippen molar-refractivity contribution in [3.8, 4) is 11.3 Å². The van der Waals surface area contributed by atoms with Crippen LogP contribution in [0.25, 0.3) is 22.3 Å². The molecule has 0 bridgehead atoms. The highest BCUT2D eigenvalue weighted by Crippen LogP contribution is 2.14. The van der Waals surface area contributed by atoms with Crippen LogP contribution < -0.4 is 10.9 Å². The Labute approximate surface area is 120 Å². The van der Waals surface area contributed by atoms with Gasteiger partial charge >= 0.3 is 0 Å². The molecule has 0 fully saturated rings. The van der Waals surface area contributed by atoms with Crippen LogP contribution >= 0.6 is 0 Å². The molecule has 5 nitrogen and oxygen atoms in total. The van der Waals surface area contributed by atoms with Crippen LogP contribution in [0.3, 0.4) is 0 Å². The highest BCUT2D eigenvalue weighted by molar-refractivity contribution is 5.76. The number of fused-ring (bicyclic) bond motifs is 1. The van der Waals surface area contributed by atoms with Crippen LogP contribution in [-0.2, 0) is 7.05 Å². The highest BCUT2D eigenvalue weighted by Gasteiger charge is 2.09. The molecule has 1 heterocycles. The third kappa shape index (κ3) is 2.18. The van der Waals surface area contributed by atoms with Crippen molar-refractivity contribution < 1.29 is 5.21 Å². The maximum absolute atomic E-state index is 12.5. The van der Waals surface area contributed by atoms with E-state index in [1.54, 1.807) is 13.1 Å². The standard InChI is InChI=1S/C16H13N3O2/c1-19-13-10-6-5-9-12(13)17-14(15(18-21)16(19)20)11-7-3-2-4-8-11/h2-10,21H,1H3. The number of rotatable bonds is 1. The van der Waals surface area contributed by atoms with E-state index in [9.17, 15) is 10.0 Å². The lowest BCUT2D eigenvalue weighted by Crippen LogP contribution is -2.32. The molecule has 0 unspecified atom stereocenters. The maximum Gasteiger partial charge on any atom is 0.282 e. The van der Waals surface area contributed by atoms with Gasteiger partial charge in [0.15, 0.2) is 5.36 Å². The zero-order chi connectivity index (χ0) is 14.8. The van der Waals surface area contributed by atoms with Gasteiger partial charge in [-0.15, -0.1) is 0 Å². The van der Waals surface area contributed by atoms with Gasteiger partial charge in [0, 0.05) is 12.6 Å². The molecular weight excluding hydrogens is 266 g/mol. The lowest BCUT2D eigenvalue weighted by Gasteiger charge is -1.97. The van der Waals surface area contributed by atoms with Crippen LogP contribution in [-0.4, -0.2) is 14.8 Å². The minimum atomic E-state index is -0.398. The van der Waals surface area contributed by atoms with Gasteiger partial charge < -0.3 is 9.77 Å². The first-order valence-electron chi connectivity index (χ1n) is 6.46. The van der Waals surface area contributed by atoms with E-state index in [0.29, 0.717) is 16.7 Å². The van der Waals surface area contributed by atoms with Crippen molar-refractivity contribution in [2.45, 2.75) is 0 Å². The quantitative estimate of drug-likeness (QED) is 0.546. The van der Waals surface area contributed by atoms with E-state index in [2.05, 4.69) is 10.1 Å². The summed E-state index contributed by atoms with van der Waals surface area (Å²) in [4.78, 5) is 17.0. The predicted molar refractivity (Wildman–Crippen MR) is 79.8 cm³/mol. The minimum absolute atomic E-state index is 0.0695. The second kappa shape index (κ2) is 5.20. The summed E-state index contributed by atoms with van der Waals surface area (Å²) in [7, 11) is 1.63. The normalized spacial score (nSPS) is 11.8. The molecule has 3 aromatic rings. The molecule has 0 aliphatic carbocycles. The van der Waals surface area contributed by atoms with Gasteiger partial charge in [-0.2, -0.15) is 0 Å². The van der Waals surface area contributed by atoms with Gasteiger partial charge in [0.1, 0.15) is 5.69 Å². The molecule has 3 rings (SSSR count). The lowest BCUT2D eigenvalue weighted by atomic mass is 10.1. The molecule has 1 N–H and O–H groups in total. The highest BCUT2D eigenvalue weighted by atomic mass is 16.4. The van der Waals surface area contributed by atoms with Crippen molar-refractivity contribution in [1.29, 1.82) is 0 Å². The molecule has 0 spiro atoms. The van der Waals surface area contributed by atoms with Crippen molar-refractivity contribution in [1.82, 2.24) is 9.55 Å². The van der Waals surface area contributed by atoms with Crippen molar-refractivity contribution in [3.63, 3.8) is 0 Å². The third-order valence-corrected chi connectivity index (χ3v) is 3.35. The zero-order valence-electron chi connectivity index (χ0n) is 11.4. The van der Waals surface area contributed by atoms with Crippen molar-refractivity contribution in [3.05, 3.63) is 70.3 Å². The number of benzene rings is 2. The summed E-state index contributed by atoms with van der Waals surface area (Å²) in [6, 6.07) is 16.5. The Balaban J connectivity index is 2.58. The minimum Gasteiger partial charge on any atom is -0.410 e. The Morgan fingerprint density at radius 1 is 1.05 bits per heavy atom. The van der Waals surface area contributed by atoms with Gasteiger partial charge in [-0.3, -0.25) is 4.79 Å². The van der Waals surface area contributed by atoms with E-state index in [-0.39, 0.29) is 5.36 Å². The van der Waals surface area contributed by atoms with Gasteiger partial charge in [-0.05, 0) is 12.1 Å². The topological polar surface area (TPSA) is 67.5 Å². The lowest BCUT2D eigenvalue weighted by molar-refractivity contribution is 0.300. The Hall–Kier alpha value is -2.95. The Bertz CT molecular complexity index is 931. The second-order valence-corrected chi connectivity index (χ2v) is 4.63. The van der Waals surface area contributed by atoms with Crippen LogP contribution in [0.4, 0.5) is 0 Å². The summed E-state index contributed by atoms with van der Waals surface area (Å²) >= 11 is 0. The molecular formula is C16H13N3O2. The van der Waals surface area contributed by atoms with Crippen LogP contribution in [0.1, 0.15) is 0 Å². The van der Waals surface area contributed by atoms with Crippen LogP contribution in [0.15, 0.2) is 64.5 Å². The number of nitrogens with zero attached hydrogens (tertiary/aromatic N) is 3. The summed E-state index contributed by atoms with van der Waals surface area (Å²) in [6.07, 6.45) is 0. The first-order chi connectivity index (χ1) is 10.2. The number of aryl methyl sites for hydroxylation is 1. The van der Waals surface area contributed by atoms with E-state index in [4.69, 9.17) is 0 Å². The van der Waals surface area contributed by atoms with E-state index in [1.165, 1.54) is 4.57 Å². The van der Waals surface area contributed by atoms with E-state index in [1.807, 2.05) is 48.5 Å². The Morgan fingerprint density at radius 3 is 2.43 bits per heavy atom. The number of hydrogen-bond acceptors (Lipinski definition) is 4. The summed E-state index contributed by atoms with van der Waals surface area (Å²) in [6.45, 7) is 0. The molecule has 0 amide bonds. The molecule has 0 atom stereocenters. The van der Waals surface area contributed by atoms with Crippen molar-refractivity contribution >= 4 is 11.0 Å². The van der Waals surface area contributed by atoms with Crippen LogP contribution in [0, 0.1) is 0 Å². The molecule has 0 saturated heterocycles. The Kier molecular flexibility index (Phi) is 3.23. The smallest absolute Gasteiger partial charge is 0.282 e. The summed E-state index contributed by atoms with van der Waals surface area (Å²) < 4.78 is 1.43. The molecule has 104 valence electrons. The summed E-state index contributed by atoms with van der Waals surface area (Å²) in [5.74, 6) is 0. The molecule has 21 heavy (non-hydrogen) atoms. The average Bonchev–Trinajstić information content (AvgIpc) is 2.64. The summed E-state index contributed by atoms with van der Waals surface area (Å²) in [5.41, 5.74) is 2.02. The van der Waals surface area contributed by atoms with Gasteiger partial charge in [0.05, 0.1) is 11.0 Å². The first kappa shape index (κ1) is 13.1. The van der Waals surface area contributed by atoms with Gasteiger partial charge in [-0.1, -0.05) is 47.6 Å². The van der Waals surface area contributed by atoms with Crippen LogP contribution in [0.2, 0.25) is 0 Å². The molecule has 2 aromatic carbocycles. The maximum atomic E-state index is 12.5. The molecule has 0 saturated carbocycles. The molecule has 1 aromatic heterocycles. The monoisotopic (exact) mass is 279 g/mol. The fraction of sp³-hybridized carbons (Fsp3) is 0.0625.